The van der Waals surface area contributed by atoms with Crippen molar-refractivity contribution in [3.8, 4) is 6.07 Å². The monoisotopic (exact) mass is 254 g/mol. The van der Waals surface area contributed by atoms with Crippen molar-refractivity contribution >= 4 is 15.9 Å². The van der Waals surface area contributed by atoms with Gasteiger partial charge in [-0.05, 0) is 30.8 Å². The fraction of sp³-hybridized carbons (Fsp3) is 0.300. The van der Waals surface area contributed by atoms with Crippen LogP contribution in [-0.2, 0) is 0 Å². The number of likely N-dealkylation sites (N-methyl/N-ethyl adjacent to an activating group) is 1. The number of benzene rings is 1. The van der Waals surface area contributed by atoms with E-state index >= 15 is 0 Å². The SMILES string of the molecule is CN[C@@H](CO)c1cc(Br)cc(C#N)c1. The van der Waals surface area contributed by atoms with Gasteiger partial charge in [0.25, 0.3) is 0 Å². The summed E-state index contributed by atoms with van der Waals surface area (Å²) in [4.78, 5) is 0. The summed E-state index contributed by atoms with van der Waals surface area (Å²) in [5, 5.41) is 20.8. The Kier molecular flexibility index (Phi) is 4.08. The molecule has 0 saturated carbocycles. The standard InChI is InChI=1S/C10H11BrN2O/c1-13-10(6-14)8-2-7(5-12)3-9(11)4-8/h2-4,10,13-14H,6H2,1H3/t10-/m0/s1. The Balaban J connectivity index is 3.09. The highest BCUT2D eigenvalue weighted by Crippen LogP contribution is 2.20. The third-order valence-electron chi connectivity index (χ3n) is 1.98. The Morgan fingerprint density at radius 2 is 2.29 bits per heavy atom. The molecule has 0 spiro atoms. The maximum atomic E-state index is 9.07. The Bertz CT molecular complexity index is 356. The van der Waals surface area contributed by atoms with Gasteiger partial charge in [-0.15, -0.1) is 0 Å². The van der Waals surface area contributed by atoms with Crippen LogP contribution in [0.25, 0.3) is 0 Å². The van der Waals surface area contributed by atoms with Gasteiger partial charge in [0, 0.05) is 4.47 Å². The molecule has 1 aromatic rings. The molecular weight excluding hydrogens is 244 g/mol. The molecule has 0 aromatic heterocycles. The minimum Gasteiger partial charge on any atom is -0.394 e. The molecule has 1 rings (SSSR count). The van der Waals surface area contributed by atoms with Crippen molar-refractivity contribution in [1.29, 1.82) is 5.26 Å². The van der Waals surface area contributed by atoms with Crippen LogP contribution < -0.4 is 5.32 Å². The van der Waals surface area contributed by atoms with Crippen LogP contribution in [-0.4, -0.2) is 18.8 Å². The Hall–Kier alpha value is -0.890. The van der Waals surface area contributed by atoms with E-state index in [-0.39, 0.29) is 12.6 Å². The van der Waals surface area contributed by atoms with Crippen LogP contribution in [0.5, 0.6) is 0 Å². The number of halogens is 1. The topological polar surface area (TPSA) is 56.0 Å². The molecule has 0 amide bonds. The minimum absolute atomic E-state index is 0.0117. The van der Waals surface area contributed by atoms with Crippen molar-refractivity contribution in [2.75, 3.05) is 13.7 Å². The first-order valence-electron chi connectivity index (χ1n) is 4.20. The number of aliphatic hydroxyl groups excluding tert-OH is 1. The van der Waals surface area contributed by atoms with Gasteiger partial charge in [-0.3, -0.25) is 0 Å². The maximum Gasteiger partial charge on any atom is 0.0992 e. The van der Waals surface area contributed by atoms with Crippen molar-refractivity contribution in [2.45, 2.75) is 6.04 Å². The Labute approximate surface area is 91.5 Å². The minimum atomic E-state index is -0.125. The second-order valence-corrected chi connectivity index (χ2v) is 3.82. The van der Waals surface area contributed by atoms with Gasteiger partial charge in [0.2, 0.25) is 0 Å². The van der Waals surface area contributed by atoms with Crippen molar-refractivity contribution in [2.24, 2.45) is 0 Å². The molecule has 0 heterocycles. The van der Waals surface area contributed by atoms with Crippen LogP contribution in [0.2, 0.25) is 0 Å². The number of nitrogens with one attached hydrogen (secondary N) is 1. The lowest BCUT2D eigenvalue weighted by Crippen LogP contribution is -2.19. The zero-order valence-corrected chi connectivity index (χ0v) is 9.37. The van der Waals surface area contributed by atoms with E-state index in [1.54, 1.807) is 19.2 Å². The summed E-state index contributed by atoms with van der Waals surface area (Å²) in [7, 11) is 1.77. The van der Waals surface area contributed by atoms with Crippen LogP contribution in [0.4, 0.5) is 0 Å². The van der Waals surface area contributed by atoms with E-state index in [9.17, 15) is 0 Å². The van der Waals surface area contributed by atoms with Crippen molar-refractivity contribution in [3.63, 3.8) is 0 Å². The van der Waals surface area contributed by atoms with E-state index in [4.69, 9.17) is 10.4 Å². The van der Waals surface area contributed by atoms with Crippen LogP contribution >= 0.6 is 15.9 Å². The van der Waals surface area contributed by atoms with E-state index < -0.39 is 0 Å². The molecule has 0 aliphatic carbocycles. The number of nitriles is 1. The van der Waals surface area contributed by atoms with Crippen LogP contribution in [0.3, 0.4) is 0 Å². The predicted molar refractivity (Wildman–Crippen MR) is 57.7 cm³/mol. The summed E-state index contributed by atoms with van der Waals surface area (Å²) in [6.45, 7) is 0.0117. The third-order valence-corrected chi connectivity index (χ3v) is 2.44. The fourth-order valence-corrected chi connectivity index (χ4v) is 1.75. The lowest BCUT2D eigenvalue weighted by atomic mass is 10.1. The molecule has 0 saturated heterocycles. The van der Waals surface area contributed by atoms with Crippen molar-refractivity contribution in [1.82, 2.24) is 5.32 Å². The summed E-state index contributed by atoms with van der Waals surface area (Å²) < 4.78 is 0.847. The second-order valence-electron chi connectivity index (χ2n) is 2.91. The van der Waals surface area contributed by atoms with Gasteiger partial charge in [0.15, 0.2) is 0 Å². The van der Waals surface area contributed by atoms with Crippen LogP contribution in [0.1, 0.15) is 17.2 Å². The first-order valence-corrected chi connectivity index (χ1v) is 4.99. The van der Waals surface area contributed by atoms with E-state index in [1.165, 1.54) is 0 Å². The van der Waals surface area contributed by atoms with Crippen LogP contribution in [0.15, 0.2) is 22.7 Å². The summed E-state index contributed by atoms with van der Waals surface area (Å²) in [5.41, 5.74) is 1.49. The number of hydrogen-bond acceptors (Lipinski definition) is 3. The van der Waals surface area contributed by atoms with Gasteiger partial charge in [0.1, 0.15) is 0 Å². The van der Waals surface area contributed by atoms with Gasteiger partial charge >= 0.3 is 0 Å². The molecule has 1 aromatic carbocycles. The smallest absolute Gasteiger partial charge is 0.0992 e. The summed E-state index contributed by atoms with van der Waals surface area (Å²) in [6, 6.07) is 7.34. The molecule has 4 heteroatoms. The molecule has 0 fully saturated rings. The van der Waals surface area contributed by atoms with Crippen molar-refractivity contribution in [3.05, 3.63) is 33.8 Å². The highest BCUT2D eigenvalue weighted by atomic mass is 79.9. The molecule has 0 unspecified atom stereocenters. The van der Waals surface area contributed by atoms with E-state index in [2.05, 4.69) is 27.3 Å². The number of aliphatic hydroxyl groups is 1. The number of rotatable bonds is 3. The molecule has 2 N–H and O–H groups in total. The van der Waals surface area contributed by atoms with Gasteiger partial charge in [-0.25, -0.2) is 0 Å². The fourth-order valence-electron chi connectivity index (χ4n) is 1.24. The quantitative estimate of drug-likeness (QED) is 0.862. The second kappa shape index (κ2) is 5.11. The summed E-state index contributed by atoms with van der Waals surface area (Å²) in [6.07, 6.45) is 0. The average molecular weight is 255 g/mol. The van der Waals surface area contributed by atoms with E-state index in [1.807, 2.05) is 6.07 Å². The highest BCUT2D eigenvalue weighted by molar-refractivity contribution is 9.10. The zero-order chi connectivity index (χ0) is 10.6. The third kappa shape index (κ3) is 2.55. The molecule has 0 bridgehead atoms. The van der Waals surface area contributed by atoms with Crippen molar-refractivity contribution < 1.29 is 5.11 Å². The largest absolute Gasteiger partial charge is 0.394 e. The lowest BCUT2D eigenvalue weighted by molar-refractivity contribution is 0.251. The first-order chi connectivity index (χ1) is 6.71. The predicted octanol–water partition coefficient (Wildman–Crippen LogP) is 1.57. The first kappa shape index (κ1) is 11.2. The number of hydrogen-bond donors (Lipinski definition) is 2. The molecule has 0 aliphatic rings. The molecule has 0 radical (unpaired) electrons. The molecule has 0 aliphatic heterocycles. The van der Waals surface area contributed by atoms with Gasteiger partial charge < -0.3 is 10.4 Å². The van der Waals surface area contributed by atoms with Gasteiger partial charge in [-0.1, -0.05) is 15.9 Å². The van der Waals surface area contributed by atoms with E-state index in [0.717, 1.165) is 10.0 Å². The highest BCUT2D eigenvalue weighted by Gasteiger charge is 2.09. The molecule has 3 nitrogen and oxygen atoms in total. The van der Waals surface area contributed by atoms with Crippen LogP contribution in [0, 0.1) is 11.3 Å². The summed E-state index contributed by atoms with van der Waals surface area (Å²) in [5.74, 6) is 0. The number of nitrogens with zero attached hydrogens (tertiary/aromatic N) is 1. The lowest BCUT2D eigenvalue weighted by Gasteiger charge is -2.13. The molecule has 1 atom stereocenters. The molecule has 74 valence electrons. The normalized spacial score (nSPS) is 12.1. The van der Waals surface area contributed by atoms with Gasteiger partial charge in [-0.2, -0.15) is 5.26 Å². The Morgan fingerprint density at radius 1 is 1.57 bits per heavy atom. The zero-order valence-electron chi connectivity index (χ0n) is 7.79. The molecule has 14 heavy (non-hydrogen) atoms. The van der Waals surface area contributed by atoms with E-state index in [0.29, 0.717) is 5.56 Å². The average Bonchev–Trinajstić information content (AvgIpc) is 2.19. The summed E-state index contributed by atoms with van der Waals surface area (Å²) >= 11 is 3.32. The Morgan fingerprint density at radius 3 is 2.79 bits per heavy atom. The van der Waals surface area contributed by atoms with Gasteiger partial charge in [0.05, 0.1) is 24.3 Å². The molecular formula is C10H11BrN2O. The maximum absolute atomic E-state index is 9.07.